The molecule has 0 fully saturated rings. The van der Waals surface area contributed by atoms with Crippen LogP contribution < -0.4 is 0 Å². The number of methoxy groups -OCH3 is 1. The fourth-order valence-electron chi connectivity index (χ4n) is 4.20. The van der Waals surface area contributed by atoms with Crippen LogP contribution in [0.3, 0.4) is 0 Å². The highest BCUT2D eigenvalue weighted by molar-refractivity contribution is 5.68. The molecule has 0 aliphatic carbocycles. The third kappa shape index (κ3) is 25.5. The largest absolute Gasteiger partial charge is 0.469 e. The zero-order valence-corrected chi connectivity index (χ0v) is 20.4. The smallest absolute Gasteiger partial charge is 0.305 e. The highest BCUT2D eigenvalue weighted by atomic mass is 16.5. The topological polar surface area (TPSA) is 46.5 Å². The van der Waals surface area contributed by atoms with Crippen LogP contribution in [0.2, 0.25) is 0 Å². The van der Waals surface area contributed by atoms with Crippen LogP contribution in [0.15, 0.2) is 0 Å². The molecule has 30 heavy (non-hydrogen) atoms. The molecule has 0 aliphatic rings. The summed E-state index contributed by atoms with van der Waals surface area (Å²) in [6.45, 7) is 0.364. The van der Waals surface area contributed by atoms with Crippen LogP contribution >= 0.6 is 0 Å². The second-order valence-electron chi connectivity index (χ2n) is 9.18. The highest BCUT2D eigenvalue weighted by Crippen LogP contribution is 2.15. The average molecular weight is 427 g/mol. The van der Waals surface area contributed by atoms with Gasteiger partial charge in [0.1, 0.15) is 0 Å². The molecule has 0 heterocycles. The van der Waals surface area contributed by atoms with Crippen molar-refractivity contribution in [1.82, 2.24) is 0 Å². The molecule has 0 saturated heterocycles. The number of hydrogen-bond donors (Lipinski definition) is 1. The molecule has 0 aliphatic heterocycles. The summed E-state index contributed by atoms with van der Waals surface area (Å²) in [6, 6.07) is 0. The summed E-state index contributed by atoms with van der Waals surface area (Å²) in [7, 11) is 1.47. The molecular formula is C27H54O3. The molecule has 0 bridgehead atoms. The zero-order chi connectivity index (χ0) is 22.0. The van der Waals surface area contributed by atoms with Gasteiger partial charge in [-0.05, 0) is 12.8 Å². The molecular weight excluding hydrogens is 372 g/mol. The number of hydrogen-bond acceptors (Lipinski definition) is 3. The van der Waals surface area contributed by atoms with E-state index in [-0.39, 0.29) is 5.97 Å². The molecule has 3 nitrogen and oxygen atoms in total. The maximum absolute atomic E-state index is 11.0. The number of unbranched alkanes of at least 4 members (excludes halogenated alkanes) is 22. The van der Waals surface area contributed by atoms with Crippen molar-refractivity contribution in [2.45, 2.75) is 154 Å². The number of aliphatic hydroxyl groups excluding tert-OH is 1. The zero-order valence-electron chi connectivity index (χ0n) is 20.4. The third-order valence-corrected chi connectivity index (χ3v) is 6.27. The number of esters is 1. The lowest BCUT2D eigenvalue weighted by molar-refractivity contribution is -0.140. The van der Waals surface area contributed by atoms with E-state index < -0.39 is 0 Å². The molecule has 0 spiro atoms. The van der Waals surface area contributed by atoms with Crippen LogP contribution in [0, 0.1) is 0 Å². The molecule has 0 amide bonds. The summed E-state index contributed by atoms with van der Waals surface area (Å²) >= 11 is 0. The van der Waals surface area contributed by atoms with Gasteiger partial charge in [-0.25, -0.2) is 0 Å². The first-order valence-corrected chi connectivity index (χ1v) is 13.5. The number of carbonyl (C=O) groups excluding carboxylic acids is 1. The Labute approximate surface area is 188 Å². The minimum absolute atomic E-state index is 0.0668. The van der Waals surface area contributed by atoms with E-state index in [9.17, 15) is 4.79 Å². The summed E-state index contributed by atoms with van der Waals surface area (Å²) in [5.74, 6) is -0.0668. The average Bonchev–Trinajstić information content (AvgIpc) is 2.76. The van der Waals surface area contributed by atoms with E-state index in [2.05, 4.69) is 4.74 Å². The first kappa shape index (κ1) is 29.4. The van der Waals surface area contributed by atoms with Gasteiger partial charge in [-0.15, -0.1) is 0 Å². The van der Waals surface area contributed by atoms with Crippen LogP contribution in [-0.2, 0) is 9.53 Å². The molecule has 180 valence electrons. The van der Waals surface area contributed by atoms with Gasteiger partial charge in [-0.3, -0.25) is 4.79 Å². The van der Waals surface area contributed by atoms with Crippen molar-refractivity contribution in [3.63, 3.8) is 0 Å². The first-order valence-electron chi connectivity index (χ1n) is 13.5. The van der Waals surface area contributed by atoms with E-state index in [0.717, 1.165) is 12.8 Å². The van der Waals surface area contributed by atoms with Gasteiger partial charge < -0.3 is 9.84 Å². The van der Waals surface area contributed by atoms with Crippen molar-refractivity contribution in [2.24, 2.45) is 0 Å². The lowest BCUT2D eigenvalue weighted by Crippen LogP contribution is -1.99. The van der Waals surface area contributed by atoms with Gasteiger partial charge >= 0.3 is 5.97 Å². The van der Waals surface area contributed by atoms with E-state index in [1.54, 1.807) is 0 Å². The van der Waals surface area contributed by atoms with Crippen LogP contribution in [0.1, 0.15) is 154 Å². The molecule has 3 heteroatoms. The Hall–Kier alpha value is -0.570. The van der Waals surface area contributed by atoms with E-state index >= 15 is 0 Å². The summed E-state index contributed by atoms with van der Waals surface area (Å²) in [4.78, 5) is 11.0. The summed E-state index contributed by atoms with van der Waals surface area (Å²) in [5, 5.41) is 8.75. The molecule has 0 atom stereocenters. The minimum atomic E-state index is -0.0668. The van der Waals surface area contributed by atoms with Crippen LogP contribution in [0.25, 0.3) is 0 Å². The van der Waals surface area contributed by atoms with Crippen molar-refractivity contribution < 1.29 is 14.6 Å². The Morgan fingerprint density at radius 2 is 0.700 bits per heavy atom. The minimum Gasteiger partial charge on any atom is -0.469 e. The Kier molecular flexibility index (Phi) is 26.0. The summed E-state index contributed by atoms with van der Waals surface area (Å²) < 4.78 is 4.66. The van der Waals surface area contributed by atoms with Gasteiger partial charge in [-0.2, -0.15) is 0 Å². The van der Waals surface area contributed by atoms with Crippen LogP contribution in [0.5, 0.6) is 0 Å². The predicted octanol–water partition coefficient (Wildman–Crippen LogP) is 8.51. The van der Waals surface area contributed by atoms with Gasteiger partial charge in [-0.1, -0.05) is 135 Å². The van der Waals surface area contributed by atoms with Gasteiger partial charge in [0, 0.05) is 13.0 Å². The number of carbonyl (C=O) groups is 1. The van der Waals surface area contributed by atoms with Gasteiger partial charge in [0.2, 0.25) is 0 Å². The van der Waals surface area contributed by atoms with Crippen LogP contribution in [0.4, 0.5) is 0 Å². The van der Waals surface area contributed by atoms with Crippen molar-refractivity contribution in [2.75, 3.05) is 13.7 Å². The Balaban J connectivity index is 3.01. The number of ether oxygens (including phenoxy) is 1. The Bertz CT molecular complexity index is 330. The lowest BCUT2D eigenvalue weighted by Gasteiger charge is -2.04. The van der Waals surface area contributed by atoms with E-state index in [0.29, 0.717) is 13.0 Å². The molecule has 0 unspecified atom stereocenters. The molecule has 0 aromatic rings. The van der Waals surface area contributed by atoms with Gasteiger partial charge in [0.05, 0.1) is 7.11 Å². The van der Waals surface area contributed by atoms with Gasteiger partial charge in [0.25, 0.3) is 0 Å². The Morgan fingerprint density at radius 3 is 0.933 bits per heavy atom. The Morgan fingerprint density at radius 1 is 0.467 bits per heavy atom. The standard InChI is InChI=1S/C27H54O3/c1-30-27(29)25-23-21-19-17-15-13-11-9-7-5-3-2-4-6-8-10-12-14-16-18-20-22-24-26-28/h28H,2-26H2,1H3. The van der Waals surface area contributed by atoms with E-state index in [1.165, 1.54) is 142 Å². The molecule has 0 saturated carbocycles. The summed E-state index contributed by atoms with van der Waals surface area (Å²) in [5.41, 5.74) is 0. The van der Waals surface area contributed by atoms with Crippen molar-refractivity contribution in [1.29, 1.82) is 0 Å². The summed E-state index contributed by atoms with van der Waals surface area (Å²) in [6.07, 6.45) is 31.5. The number of rotatable bonds is 25. The molecule has 1 N–H and O–H groups in total. The quantitative estimate of drug-likeness (QED) is 0.117. The van der Waals surface area contributed by atoms with Gasteiger partial charge in [0.15, 0.2) is 0 Å². The highest BCUT2D eigenvalue weighted by Gasteiger charge is 1.99. The van der Waals surface area contributed by atoms with Crippen LogP contribution in [-0.4, -0.2) is 24.8 Å². The first-order chi connectivity index (χ1) is 14.8. The van der Waals surface area contributed by atoms with E-state index in [4.69, 9.17) is 5.11 Å². The molecule has 0 rings (SSSR count). The molecule has 0 aromatic heterocycles. The monoisotopic (exact) mass is 426 g/mol. The molecule has 0 radical (unpaired) electrons. The second-order valence-corrected chi connectivity index (χ2v) is 9.18. The van der Waals surface area contributed by atoms with Crippen molar-refractivity contribution >= 4 is 5.97 Å². The number of aliphatic hydroxyl groups is 1. The normalized spacial score (nSPS) is 11.1. The SMILES string of the molecule is COC(=O)CCCCCCCCCCCCCCCCCCCCCCCCCO. The maximum atomic E-state index is 11.0. The van der Waals surface area contributed by atoms with Crippen molar-refractivity contribution in [3.8, 4) is 0 Å². The molecule has 0 aromatic carbocycles. The third-order valence-electron chi connectivity index (χ3n) is 6.27. The fourth-order valence-corrected chi connectivity index (χ4v) is 4.20. The van der Waals surface area contributed by atoms with Crippen molar-refractivity contribution in [3.05, 3.63) is 0 Å². The van der Waals surface area contributed by atoms with E-state index in [1.807, 2.05) is 0 Å². The maximum Gasteiger partial charge on any atom is 0.305 e. The lowest BCUT2D eigenvalue weighted by atomic mass is 10.0. The second kappa shape index (κ2) is 26.5. The fraction of sp³-hybridized carbons (Fsp3) is 0.963. The predicted molar refractivity (Wildman–Crippen MR) is 130 cm³/mol.